The van der Waals surface area contributed by atoms with Gasteiger partial charge in [0.1, 0.15) is 11.5 Å². The van der Waals surface area contributed by atoms with Crippen LogP contribution in [0.25, 0.3) is 16.9 Å². The maximum Gasteiger partial charge on any atom is 0.245 e. The molecule has 3 heterocycles. The highest BCUT2D eigenvalue weighted by Gasteiger charge is 2.15. The molecule has 0 fully saturated rings. The number of nitrogens with zero attached hydrogens (tertiary/aromatic N) is 4. The van der Waals surface area contributed by atoms with E-state index >= 15 is 0 Å². The molecule has 26 heavy (non-hydrogen) atoms. The van der Waals surface area contributed by atoms with Crippen molar-refractivity contribution in [2.45, 2.75) is 0 Å². The van der Waals surface area contributed by atoms with Gasteiger partial charge in [0, 0.05) is 22.4 Å². The number of pyridine rings is 1. The molecule has 0 amide bonds. The van der Waals surface area contributed by atoms with Crippen molar-refractivity contribution >= 4 is 56.3 Å². The van der Waals surface area contributed by atoms with Crippen LogP contribution in [-0.2, 0) is 0 Å². The first-order chi connectivity index (χ1) is 12.5. The van der Waals surface area contributed by atoms with Crippen molar-refractivity contribution in [3.05, 3.63) is 69.5 Å². The molecule has 0 bridgehead atoms. The molecule has 3 aromatic heterocycles. The molecule has 0 unspecified atom stereocenters. The largest absolute Gasteiger partial charge is 0.335 e. The highest BCUT2D eigenvalue weighted by Crippen LogP contribution is 2.34. The number of aromatic nitrogens is 4. The molecule has 9 heteroatoms. The summed E-state index contributed by atoms with van der Waals surface area (Å²) in [6.07, 6.45) is 4.72. The van der Waals surface area contributed by atoms with E-state index in [1.807, 2.05) is 24.3 Å². The molecule has 4 rings (SSSR count). The van der Waals surface area contributed by atoms with Crippen molar-refractivity contribution in [1.82, 2.24) is 14.6 Å². The van der Waals surface area contributed by atoms with E-state index in [2.05, 4.69) is 31.3 Å². The van der Waals surface area contributed by atoms with E-state index in [4.69, 9.17) is 23.2 Å². The summed E-state index contributed by atoms with van der Waals surface area (Å²) in [6, 6.07) is 10.8. The van der Waals surface area contributed by atoms with Gasteiger partial charge < -0.3 is 5.32 Å². The highest BCUT2D eigenvalue weighted by molar-refractivity contribution is 9.10. The normalized spacial score (nSPS) is 11.0. The van der Waals surface area contributed by atoms with Crippen molar-refractivity contribution in [2.24, 2.45) is 0 Å². The predicted molar refractivity (Wildman–Crippen MR) is 103 cm³/mol. The zero-order valence-electron chi connectivity index (χ0n) is 13.1. The van der Waals surface area contributed by atoms with Crippen molar-refractivity contribution in [3.8, 4) is 11.3 Å². The number of halogens is 3. The van der Waals surface area contributed by atoms with Gasteiger partial charge in [-0.25, -0.2) is 4.98 Å². The summed E-state index contributed by atoms with van der Waals surface area (Å²) < 4.78 is 3.36. The minimum atomic E-state index is 0.431. The maximum absolute atomic E-state index is 9.61. The number of hydrogen-bond donors (Lipinski definition) is 2. The average Bonchev–Trinajstić information content (AvgIpc) is 2.99. The first-order valence-corrected chi connectivity index (χ1v) is 9.04. The molecule has 130 valence electrons. The summed E-state index contributed by atoms with van der Waals surface area (Å²) in [6.45, 7) is 0. The summed E-state index contributed by atoms with van der Waals surface area (Å²) in [5.41, 5.74) is 2.65. The van der Waals surface area contributed by atoms with Gasteiger partial charge in [0.2, 0.25) is 12.4 Å². The van der Waals surface area contributed by atoms with Crippen LogP contribution in [0.5, 0.6) is 0 Å². The number of hydrogen-bond acceptors (Lipinski definition) is 4. The van der Waals surface area contributed by atoms with Crippen LogP contribution in [0.2, 0.25) is 10.0 Å². The van der Waals surface area contributed by atoms with Gasteiger partial charge >= 0.3 is 0 Å². The standard InChI is InChI=1S/C17H11BrCl2N5O/c18-12-8-21-25-15(22-10-3-2-6-24(26)9-10)7-14(23-17(12)25)11-4-1-5-13(19)16(11)20/h1-9,22,26H/q+1. The van der Waals surface area contributed by atoms with Gasteiger partial charge in [-0.15, -0.1) is 0 Å². The summed E-state index contributed by atoms with van der Waals surface area (Å²) in [5.74, 6) is 0.651. The molecule has 0 atom stereocenters. The van der Waals surface area contributed by atoms with Gasteiger partial charge in [-0.1, -0.05) is 35.3 Å². The van der Waals surface area contributed by atoms with E-state index in [0.29, 0.717) is 38.5 Å². The van der Waals surface area contributed by atoms with E-state index < -0.39 is 0 Å². The third kappa shape index (κ3) is 3.09. The maximum atomic E-state index is 9.61. The molecule has 4 aromatic rings. The van der Waals surface area contributed by atoms with Gasteiger partial charge in [-0.3, -0.25) is 5.21 Å². The fraction of sp³-hybridized carbons (Fsp3) is 0. The Morgan fingerprint density at radius 3 is 2.85 bits per heavy atom. The van der Waals surface area contributed by atoms with Gasteiger partial charge in [0.15, 0.2) is 5.65 Å². The third-order valence-electron chi connectivity index (χ3n) is 3.71. The van der Waals surface area contributed by atoms with Gasteiger partial charge in [-0.05, 0) is 28.1 Å². The van der Waals surface area contributed by atoms with E-state index in [1.165, 1.54) is 12.4 Å². The molecule has 1 aromatic carbocycles. The molecule has 0 spiro atoms. The second-order valence-electron chi connectivity index (χ2n) is 5.45. The van der Waals surface area contributed by atoms with E-state index in [0.717, 1.165) is 9.20 Å². The molecule has 0 radical (unpaired) electrons. The zero-order chi connectivity index (χ0) is 18.3. The van der Waals surface area contributed by atoms with Gasteiger partial charge in [0.05, 0.1) is 26.4 Å². The Labute approximate surface area is 166 Å². The molecule has 0 aliphatic rings. The Morgan fingerprint density at radius 1 is 1.19 bits per heavy atom. The van der Waals surface area contributed by atoms with Crippen LogP contribution in [0.1, 0.15) is 0 Å². The fourth-order valence-electron chi connectivity index (χ4n) is 2.55. The molecular weight excluding hydrogens is 441 g/mol. The van der Waals surface area contributed by atoms with E-state index in [-0.39, 0.29) is 0 Å². The average molecular weight is 452 g/mol. The Bertz CT molecular complexity index is 1130. The van der Waals surface area contributed by atoms with Crippen molar-refractivity contribution in [1.29, 1.82) is 0 Å². The summed E-state index contributed by atoms with van der Waals surface area (Å²) >= 11 is 16.0. The number of anilines is 2. The Balaban J connectivity index is 1.90. The number of fused-ring (bicyclic) bond motifs is 1. The quantitative estimate of drug-likeness (QED) is 0.349. The minimum absolute atomic E-state index is 0.431. The lowest BCUT2D eigenvalue weighted by molar-refractivity contribution is -0.904. The molecule has 6 nitrogen and oxygen atoms in total. The zero-order valence-corrected chi connectivity index (χ0v) is 16.2. The van der Waals surface area contributed by atoms with Crippen LogP contribution in [0.3, 0.4) is 0 Å². The lowest BCUT2D eigenvalue weighted by atomic mass is 10.1. The van der Waals surface area contributed by atoms with Crippen LogP contribution < -0.4 is 10.0 Å². The highest BCUT2D eigenvalue weighted by atomic mass is 79.9. The van der Waals surface area contributed by atoms with Crippen LogP contribution in [0.15, 0.2) is 59.5 Å². The third-order valence-corrected chi connectivity index (χ3v) is 5.09. The van der Waals surface area contributed by atoms with Crippen LogP contribution in [-0.4, -0.2) is 19.8 Å². The van der Waals surface area contributed by atoms with Crippen LogP contribution in [0.4, 0.5) is 11.5 Å². The molecule has 2 N–H and O–H groups in total. The smallest absolute Gasteiger partial charge is 0.245 e. The van der Waals surface area contributed by atoms with Gasteiger partial charge in [-0.2, -0.15) is 9.61 Å². The molecule has 0 aliphatic heterocycles. The summed E-state index contributed by atoms with van der Waals surface area (Å²) in [4.78, 5) is 4.64. The molecular formula is C17H11BrCl2N5O+. The summed E-state index contributed by atoms with van der Waals surface area (Å²) in [7, 11) is 0. The predicted octanol–water partition coefficient (Wildman–Crippen LogP) is 4.73. The Kier molecular flexibility index (Phi) is 4.44. The monoisotopic (exact) mass is 450 g/mol. The second-order valence-corrected chi connectivity index (χ2v) is 7.09. The van der Waals surface area contributed by atoms with Crippen molar-refractivity contribution in [3.63, 3.8) is 0 Å². The topological polar surface area (TPSA) is 66.3 Å². The number of benzene rings is 1. The second kappa shape index (κ2) is 6.75. The van der Waals surface area contributed by atoms with E-state index in [1.54, 1.807) is 22.8 Å². The van der Waals surface area contributed by atoms with Crippen molar-refractivity contribution in [2.75, 3.05) is 5.32 Å². The SMILES string of the molecule is O[n+]1cccc(Nc2cc(-c3cccc(Cl)c3Cl)nc3c(Br)cnn23)c1. The Hall–Kier alpha value is -2.35. The molecule has 0 saturated heterocycles. The first-order valence-electron chi connectivity index (χ1n) is 7.49. The molecule has 0 aliphatic carbocycles. The van der Waals surface area contributed by atoms with Crippen LogP contribution in [0, 0.1) is 0 Å². The molecule has 0 saturated carbocycles. The van der Waals surface area contributed by atoms with Gasteiger partial charge in [0.25, 0.3) is 0 Å². The number of rotatable bonds is 3. The lowest BCUT2D eigenvalue weighted by Crippen LogP contribution is -2.28. The van der Waals surface area contributed by atoms with Crippen LogP contribution >= 0.6 is 39.1 Å². The Morgan fingerprint density at radius 2 is 2.04 bits per heavy atom. The lowest BCUT2D eigenvalue weighted by Gasteiger charge is -2.11. The summed E-state index contributed by atoms with van der Waals surface area (Å²) in [5, 5.41) is 18.1. The first kappa shape index (κ1) is 17.1. The minimum Gasteiger partial charge on any atom is -0.335 e. The van der Waals surface area contributed by atoms with E-state index in [9.17, 15) is 5.21 Å². The number of nitrogens with one attached hydrogen (secondary N) is 1. The van der Waals surface area contributed by atoms with Crippen molar-refractivity contribution < 1.29 is 9.94 Å². The fourth-order valence-corrected chi connectivity index (χ4v) is 3.30.